The molecule has 6 nitrogen and oxygen atoms in total. The number of hydrogen-bond donors (Lipinski definition) is 0. The Bertz CT molecular complexity index is 801. The van der Waals surface area contributed by atoms with Gasteiger partial charge in [0.1, 0.15) is 11.6 Å². The molecular weight excluding hydrogens is 359 g/mol. The lowest BCUT2D eigenvalue weighted by atomic mass is 10.2. The number of furan rings is 1. The molecule has 0 aliphatic carbocycles. The van der Waals surface area contributed by atoms with E-state index in [0.29, 0.717) is 31.7 Å². The minimum atomic E-state index is -1.41. The van der Waals surface area contributed by atoms with Crippen LogP contribution in [0, 0.1) is 5.82 Å². The fraction of sp³-hybridized carbons (Fsp3) is 0.333. The van der Waals surface area contributed by atoms with Gasteiger partial charge in [0.05, 0.1) is 6.26 Å². The smallest absolute Gasteiger partial charge is 0.289 e. The summed E-state index contributed by atoms with van der Waals surface area (Å²) in [5.74, 6) is -0.492. The van der Waals surface area contributed by atoms with E-state index in [1.165, 1.54) is 18.4 Å². The maximum atomic E-state index is 13.2. The van der Waals surface area contributed by atoms with Crippen LogP contribution in [0.5, 0.6) is 0 Å². The number of carbonyl (C=O) groups excluding carboxylic acids is 2. The van der Waals surface area contributed by atoms with Crippen LogP contribution in [0.4, 0.5) is 4.39 Å². The summed E-state index contributed by atoms with van der Waals surface area (Å²) >= 11 is 0. The Hall–Kier alpha value is -2.48. The lowest BCUT2D eigenvalue weighted by molar-refractivity contribution is -0.129. The normalized spacial score (nSPS) is 15.7. The van der Waals surface area contributed by atoms with Gasteiger partial charge in [0.15, 0.2) is 5.76 Å². The zero-order valence-electron chi connectivity index (χ0n) is 14.1. The first-order valence-corrected chi connectivity index (χ1v) is 9.72. The summed E-state index contributed by atoms with van der Waals surface area (Å²) in [7, 11) is -1.41. The molecule has 138 valence electrons. The molecule has 0 N–H and O–H groups in total. The molecule has 1 unspecified atom stereocenters. The van der Waals surface area contributed by atoms with Crippen LogP contribution in [0.25, 0.3) is 0 Å². The molecule has 1 fully saturated rings. The van der Waals surface area contributed by atoms with Gasteiger partial charge < -0.3 is 14.2 Å². The Balaban J connectivity index is 1.47. The number of benzene rings is 1. The van der Waals surface area contributed by atoms with Crippen molar-refractivity contribution in [3.05, 3.63) is 59.8 Å². The standard InChI is InChI=1S/C18H19FN2O4S/c19-15-4-1-3-14(11-15)12-26(24)13-17(22)20-6-8-21(9-7-20)18(23)16-5-2-10-25-16/h1-5,10-11H,6-9,12-13H2. The van der Waals surface area contributed by atoms with Crippen molar-refractivity contribution in [3.8, 4) is 0 Å². The van der Waals surface area contributed by atoms with E-state index in [1.807, 2.05) is 0 Å². The SMILES string of the molecule is O=C(CS(=O)Cc1cccc(F)c1)N1CCN(C(=O)c2ccco2)CC1. The van der Waals surface area contributed by atoms with Gasteiger partial charge in [-0.2, -0.15) is 0 Å². The Kier molecular flexibility index (Phi) is 5.82. The van der Waals surface area contributed by atoms with E-state index in [9.17, 15) is 18.2 Å². The minimum absolute atomic E-state index is 0.108. The van der Waals surface area contributed by atoms with Crippen molar-refractivity contribution in [2.24, 2.45) is 0 Å². The number of rotatable bonds is 5. The molecular formula is C18H19FN2O4S. The molecule has 2 amide bonds. The number of piperazine rings is 1. The third-order valence-electron chi connectivity index (χ3n) is 4.15. The zero-order chi connectivity index (χ0) is 18.5. The number of carbonyl (C=O) groups is 2. The van der Waals surface area contributed by atoms with E-state index >= 15 is 0 Å². The molecule has 1 aromatic carbocycles. The number of amides is 2. The summed E-state index contributed by atoms with van der Waals surface area (Å²) in [5, 5.41) is 0. The number of hydrogen-bond acceptors (Lipinski definition) is 4. The van der Waals surface area contributed by atoms with Crippen LogP contribution in [0.2, 0.25) is 0 Å². The zero-order valence-corrected chi connectivity index (χ0v) is 14.9. The van der Waals surface area contributed by atoms with Gasteiger partial charge >= 0.3 is 0 Å². The monoisotopic (exact) mass is 378 g/mol. The molecule has 3 rings (SSSR count). The summed E-state index contributed by atoms with van der Waals surface area (Å²) < 4.78 is 30.4. The van der Waals surface area contributed by atoms with Gasteiger partial charge in [-0.3, -0.25) is 13.8 Å². The van der Waals surface area contributed by atoms with Crippen LogP contribution in [-0.4, -0.2) is 57.8 Å². The molecule has 0 spiro atoms. The van der Waals surface area contributed by atoms with Crippen molar-refractivity contribution < 1.29 is 22.6 Å². The molecule has 0 radical (unpaired) electrons. The largest absolute Gasteiger partial charge is 0.459 e. The lowest BCUT2D eigenvalue weighted by Gasteiger charge is -2.34. The van der Waals surface area contributed by atoms with Crippen LogP contribution < -0.4 is 0 Å². The predicted octanol–water partition coefficient (Wildman–Crippen LogP) is 1.65. The highest BCUT2D eigenvalue weighted by Gasteiger charge is 2.26. The Labute approximate surface area is 153 Å². The Morgan fingerprint density at radius 2 is 1.81 bits per heavy atom. The van der Waals surface area contributed by atoms with Gasteiger partial charge in [-0.25, -0.2) is 4.39 Å². The summed E-state index contributed by atoms with van der Waals surface area (Å²) in [6.45, 7) is 1.59. The highest BCUT2D eigenvalue weighted by molar-refractivity contribution is 7.84. The summed E-state index contributed by atoms with van der Waals surface area (Å²) in [6.07, 6.45) is 1.45. The van der Waals surface area contributed by atoms with E-state index in [4.69, 9.17) is 4.42 Å². The van der Waals surface area contributed by atoms with Gasteiger partial charge in [-0.15, -0.1) is 0 Å². The molecule has 1 atom stereocenters. The van der Waals surface area contributed by atoms with Gasteiger partial charge in [0, 0.05) is 42.7 Å². The van der Waals surface area contributed by atoms with Crippen molar-refractivity contribution in [2.45, 2.75) is 5.75 Å². The lowest BCUT2D eigenvalue weighted by Crippen LogP contribution is -2.51. The van der Waals surface area contributed by atoms with Gasteiger partial charge in [0.25, 0.3) is 5.91 Å². The van der Waals surface area contributed by atoms with Crippen molar-refractivity contribution >= 4 is 22.6 Å². The quantitative estimate of drug-likeness (QED) is 0.793. The second-order valence-electron chi connectivity index (χ2n) is 6.01. The number of nitrogens with zero attached hydrogens (tertiary/aromatic N) is 2. The second kappa shape index (κ2) is 8.27. The molecule has 0 saturated carbocycles. The summed E-state index contributed by atoms with van der Waals surface area (Å²) in [6, 6.07) is 9.14. The first-order chi connectivity index (χ1) is 12.5. The fourth-order valence-electron chi connectivity index (χ4n) is 2.81. The fourth-order valence-corrected chi connectivity index (χ4v) is 3.92. The van der Waals surface area contributed by atoms with Crippen LogP contribution >= 0.6 is 0 Å². The van der Waals surface area contributed by atoms with E-state index in [2.05, 4.69) is 0 Å². The van der Waals surface area contributed by atoms with E-state index < -0.39 is 10.8 Å². The molecule has 0 bridgehead atoms. The van der Waals surface area contributed by atoms with Gasteiger partial charge in [-0.05, 0) is 29.8 Å². The number of halogens is 1. The molecule has 2 aromatic rings. The van der Waals surface area contributed by atoms with Crippen molar-refractivity contribution in [1.29, 1.82) is 0 Å². The van der Waals surface area contributed by atoms with Crippen LogP contribution in [0.3, 0.4) is 0 Å². The topological polar surface area (TPSA) is 70.8 Å². The first kappa shape index (κ1) is 18.3. The predicted molar refractivity (Wildman–Crippen MR) is 94.3 cm³/mol. The first-order valence-electron chi connectivity index (χ1n) is 8.23. The summed E-state index contributed by atoms with van der Waals surface area (Å²) in [5.41, 5.74) is 0.602. The van der Waals surface area contributed by atoms with Crippen LogP contribution in [0.15, 0.2) is 47.1 Å². The molecule has 1 aliphatic rings. The molecule has 26 heavy (non-hydrogen) atoms. The molecule has 1 aliphatic heterocycles. The highest BCUT2D eigenvalue weighted by Crippen LogP contribution is 2.11. The second-order valence-corrected chi connectivity index (χ2v) is 7.47. The van der Waals surface area contributed by atoms with Crippen molar-refractivity contribution in [1.82, 2.24) is 9.80 Å². The van der Waals surface area contributed by atoms with E-state index in [1.54, 1.807) is 34.1 Å². The van der Waals surface area contributed by atoms with Crippen LogP contribution in [0.1, 0.15) is 16.1 Å². The third-order valence-corrected chi connectivity index (χ3v) is 5.38. The molecule has 1 aromatic heterocycles. The van der Waals surface area contributed by atoms with Gasteiger partial charge in [-0.1, -0.05) is 12.1 Å². The minimum Gasteiger partial charge on any atom is -0.459 e. The molecule has 8 heteroatoms. The summed E-state index contributed by atoms with van der Waals surface area (Å²) in [4.78, 5) is 27.7. The Morgan fingerprint density at radius 3 is 2.46 bits per heavy atom. The van der Waals surface area contributed by atoms with Crippen molar-refractivity contribution in [3.63, 3.8) is 0 Å². The van der Waals surface area contributed by atoms with E-state index in [0.717, 1.165) is 0 Å². The van der Waals surface area contributed by atoms with Gasteiger partial charge in [0.2, 0.25) is 5.91 Å². The molecule has 1 saturated heterocycles. The van der Waals surface area contributed by atoms with Crippen LogP contribution in [-0.2, 0) is 21.3 Å². The highest BCUT2D eigenvalue weighted by atomic mass is 32.2. The third kappa shape index (κ3) is 4.57. The average molecular weight is 378 g/mol. The van der Waals surface area contributed by atoms with Crippen molar-refractivity contribution in [2.75, 3.05) is 31.9 Å². The average Bonchev–Trinajstić information content (AvgIpc) is 3.15. The molecule has 2 heterocycles. The maximum absolute atomic E-state index is 13.2. The Morgan fingerprint density at radius 1 is 1.08 bits per heavy atom. The van der Waals surface area contributed by atoms with E-state index in [-0.39, 0.29) is 34.9 Å². The maximum Gasteiger partial charge on any atom is 0.289 e.